The standard InChI is InChI=1S/C27H21BrN2O7/c1-2-33-21-7-16(19(28)9-23(21)34-12-14-3-5-15(6-4-14)27(31)32)25-17-8-22-24(36-13-35-22)10-20(17)37-26(30)18(25)11-29/h3-10,25H,2,12-13,30H2,1H3,(H,31,32)/t25-/m1/s1. The first-order valence-electron chi connectivity index (χ1n) is 11.3. The highest BCUT2D eigenvalue weighted by Crippen LogP contribution is 2.50. The lowest BCUT2D eigenvalue weighted by atomic mass is 9.83. The fourth-order valence-electron chi connectivity index (χ4n) is 4.22. The van der Waals surface area contributed by atoms with Gasteiger partial charge in [0.2, 0.25) is 12.7 Å². The molecule has 1 atom stereocenters. The maximum atomic E-state index is 11.1. The first-order valence-corrected chi connectivity index (χ1v) is 12.1. The van der Waals surface area contributed by atoms with Crippen LogP contribution in [0.15, 0.2) is 64.5 Å². The summed E-state index contributed by atoms with van der Waals surface area (Å²) in [5.74, 6) is 0.987. The maximum absolute atomic E-state index is 11.1. The number of allylic oxidation sites excluding steroid dienone is 1. The number of carbonyl (C=O) groups is 1. The van der Waals surface area contributed by atoms with Crippen LogP contribution in [0.4, 0.5) is 0 Å². The van der Waals surface area contributed by atoms with E-state index in [4.69, 9.17) is 34.5 Å². The molecule has 3 N–H and O–H groups in total. The third-order valence-corrected chi connectivity index (χ3v) is 6.67. The van der Waals surface area contributed by atoms with E-state index in [1.165, 1.54) is 12.1 Å². The minimum atomic E-state index is -0.990. The van der Waals surface area contributed by atoms with Gasteiger partial charge in [-0.2, -0.15) is 5.26 Å². The number of nitriles is 1. The van der Waals surface area contributed by atoms with Crippen LogP contribution in [0.2, 0.25) is 0 Å². The monoisotopic (exact) mass is 564 g/mol. The molecular formula is C27H21BrN2O7. The Labute approximate surface area is 220 Å². The summed E-state index contributed by atoms with van der Waals surface area (Å²) >= 11 is 3.64. The number of carboxylic acids is 1. The molecule has 0 bridgehead atoms. The fraction of sp³-hybridized carbons (Fsp3) is 0.185. The summed E-state index contributed by atoms with van der Waals surface area (Å²) in [5.41, 5.74) is 8.82. The van der Waals surface area contributed by atoms with Crippen molar-refractivity contribution in [3.05, 3.63) is 86.7 Å². The Morgan fingerprint density at radius 3 is 2.46 bits per heavy atom. The van der Waals surface area contributed by atoms with Gasteiger partial charge in [-0.25, -0.2) is 4.79 Å². The molecule has 10 heteroatoms. The van der Waals surface area contributed by atoms with Crippen molar-refractivity contribution in [2.75, 3.05) is 13.4 Å². The van der Waals surface area contributed by atoms with Crippen molar-refractivity contribution in [3.63, 3.8) is 0 Å². The summed E-state index contributed by atoms with van der Waals surface area (Å²) in [6.45, 7) is 2.54. The van der Waals surface area contributed by atoms with Gasteiger partial charge in [0.1, 0.15) is 24.0 Å². The van der Waals surface area contributed by atoms with Crippen LogP contribution in [0.3, 0.4) is 0 Å². The van der Waals surface area contributed by atoms with E-state index in [0.717, 1.165) is 11.1 Å². The minimum Gasteiger partial charge on any atom is -0.490 e. The predicted molar refractivity (Wildman–Crippen MR) is 135 cm³/mol. The third-order valence-electron chi connectivity index (χ3n) is 5.98. The van der Waals surface area contributed by atoms with Crippen LogP contribution < -0.4 is 29.4 Å². The number of benzene rings is 3. The van der Waals surface area contributed by atoms with Crippen LogP contribution in [-0.2, 0) is 6.61 Å². The number of aromatic carboxylic acids is 1. The van der Waals surface area contributed by atoms with E-state index < -0.39 is 11.9 Å². The number of nitrogens with two attached hydrogens (primary N) is 1. The summed E-state index contributed by atoms with van der Waals surface area (Å²) < 4.78 is 29.4. The van der Waals surface area contributed by atoms with Crippen molar-refractivity contribution in [1.82, 2.24) is 0 Å². The van der Waals surface area contributed by atoms with Crippen molar-refractivity contribution >= 4 is 21.9 Å². The minimum absolute atomic E-state index is 0.00820. The molecule has 0 radical (unpaired) electrons. The van der Waals surface area contributed by atoms with Crippen LogP contribution in [0.1, 0.15) is 39.9 Å². The van der Waals surface area contributed by atoms with Gasteiger partial charge in [-0.15, -0.1) is 0 Å². The fourth-order valence-corrected chi connectivity index (χ4v) is 4.78. The van der Waals surface area contributed by atoms with Crippen LogP contribution >= 0.6 is 15.9 Å². The van der Waals surface area contributed by atoms with Gasteiger partial charge in [0.05, 0.1) is 18.1 Å². The molecule has 0 aliphatic carbocycles. The summed E-state index contributed by atoms with van der Waals surface area (Å²) in [6, 6.07) is 15.7. The Bertz CT molecular complexity index is 1460. The molecule has 2 heterocycles. The average molecular weight is 565 g/mol. The molecule has 9 nitrogen and oxygen atoms in total. The quantitative estimate of drug-likeness (QED) is 0.403. The Morgan fingerprint density at radius 1 is 1.08 bits per heavy atom. The van der Waals surface area contributed by atoms with Crippen molar-refractivity contribution in [1.29, 1.82) is 5.26 Å². The van der Waals surface area contributed by atoms with Crippen molar-refractivity contribution in [2.45, 2.75) is 19.4 Å². The molecule has 0 unspecified atom stereocenters. The zero-order valence-electron chi connectivity index (χ0n) is 19.6. The number of carboxylic acid groups (broad SMARTS) is 1. The van der Waals surface area contributed by atoms with Crippen LogP contribution in [0.25, 0.3) is 0 Å². The second kappa shape index (κ2) is 9.95. The molecule has 2 aliphatic rings. The molecule has 0 amide bonds. The number of fused-ring (bicyclic) bond motifs is 2. The number of hydrogen-bond acceptors (Lipinski definition) is 8. The first-order chi connectivity index (χ1) is 17.9. The Morgan fingerprint density at radius 2 is 1.78 bits per heavy atom. The molecule has 37 heavy (non-hydrogen) atoms. The van der Waals surface area contributed by atoms with E-state index in [1.54, 1.807) is 30.3 Å². The summed E-state index contributed by atoms with van der Waals surface area (Å²) in [5, 5.41) is 19.1. The summed E-state index contributed by atoms with van der Waals surface area (Å²) in [7, 11) is 0. The lowest BCUT2D eigenvalue weighted by Gasteiger charge is -2.28. The molecule has 188 valence electrons. The Hall–Kier alpha value is -4.36. The summed E-state index contributed by atoms with van der Waals surface area (Å²) in [6.07, 6.45) is 0. The molecule has 3 aromatic carbocycles. The predicted octanol–water partition coefficient (Wildman–Crippen LogP) is 5.07. The van der Waals surface area contributed by atoms with Gasteiger partial charge in [0.15, 0.2) is 23.0 Å². The van der Waals surface area contributed by atoms with Crippen molar-refractivity contribution < 1.29 is 33.6 Å². The lowest BCUT2D eigenvalue weighted by molar-refractivity contribution is 0.0696. The molecule has 3 aromatic rings. The van der Waals surface area contributed by atoms with Crippen LogP contribution in [-0.4, -0.2) is 24.5 Å². The number of rotatable bonds is 7. The molecule has 0 fully saturated rings. The van der Waals surface area contributed by atoms with Crippen molar-refractivity contribution in [3.8, 4) is 34.8 Å². The van der Waals surface area contributed by atoms with Gasteiger partial charge < -0.3 is 34.5 Å². The molecule has 5 rings (SSSR count). The normalized spacial score (nSPS) is 15.4. The van der Waals surface area contributed by atoms with Crippen molar-refractivity contribution in [2.24, 2.45) is 5.73 Å². The number of halogens is 1. The Balaban J connectivity index is 1.52. The van der Waals surface area contributed by atoms with Gasteiger partial charge >= 0.3 is 5.97 Å². The highest BCUT2D eigenvalue weighted by molar-refractivity contribution is 9.10. The number of nitrogens with zero attached hydrogens (tertiary/aromatic N) is 1. The molecule has 0 spiro atoms. The number of ether oxygens (including phenoxy) is 5. The van der Waals surface area contributed by atoms with Gasteiger partial charge in [0, 0.05) is 16.1 Å². The highest BCUT2D eigenvalue weighted by Gasteiger charge is 2.35. The highest BCUT2D eigenvalue weighted by atomic mass is 79.9. The Kier molecular flexibility index (Phi) is 6.54. The molecule has 0 aromatic heterocycles. The molecule has 2 aliphatic heterocycles. The summed E-state index contributed by atoms with van der Waals surface area (Å²) in [4.78, 5) is 11.1. The van der Waals surface area contributed by atoms with E-state index in [0.29, 0.717) is 45.4 Å². The average Bonchev–Trinajstić information content (AvgIpc) is 3.34. The van der Waals surface area contributed by atoms with E-state index in [-0.39, 0.29) is 30.4 Å². The van der Waals surface area contributed by atoms with Gasteiger partial charge in [-0.05, 0) is 48.4 Å². The smallest absolute Gasteiger partial charge is 0.335 e. The topological polar surface area (TPSA) is 133 Å². The van der Waals surface area contributed by atoms with Gasteiger partial charge in [-0.1, -0.05) is 28.1 Å². The first kappa shape index (κ1) is 24.3. The second-order valence-corrected chi connectivity index (χ2v) is 9.07. The van der Waals surface area contributed by atoms with E-state index in [1.807, 2.05) is 13.0 Å². The molecule has 0 saturated heterocycles. The zero-order valence-corrected chi connectivity index (χ0v) is 21.2. The van der Waals surface area contributed by atoms with E-state index >= 15 is 0 Å². The lowest BCUT2D eigenvalue weighted by Crippen LogP contribution is -2.21. The molecule has 0 saturated carbocycles. The zero-order chi connectivity index (χ0) is 26.1. The number of hydrogen-bond donors (Lipinski definition) is 2. The third kappa shape index (κ3) is 4.61. The second-order valence-electron chi connectivity index (χ2n) is 8.21. The van der Waals surface area contributed by atoms with Crippen LogP contribution in [0, 0.1) is 11.3 Å². The largest absolute Gasteiger partial charge is 0.490 e. The van der Waals surface area contributed by atoms with Gasteiger partial charge in [-0.3, -0.25) is 0 Å². The van der Waals surface area contributed by atoms with Gasteiger partial charge in [0.25, 0.3) is 0 Å². The van der Waals surface area contributed by atoms with E-state index in [9.17, 15) is 10.1 Å². The molecular weight excluding hydrogens is 544 g/mol. The maximum Gasteiger partial charge on any atom is 0.335 e. The van der Waals surface area contributed by atoms with E-state index in [2.05, 4.69) is 22.0 Å². The van der Waals surface area contributed by atoms with Crippen LogP contribution in [0.5, 0.6) is 28.7 Å². The SMILES string of the molecule is CCOc1cc([C@H]2C(C#N)=C(N)Oc3cc4c(cc32)OCO4)c(Br)cc1OCc1ccc(C(=O)O)cc1.